The smallest absolute Gasteiger partial charge is 0.322 e. The second-order valence-corrected chi connectivity index (χ2v) is 7.36. The van der Waals surface area contributed by atoms with E-state index < -0.39 is 17.6 Å². The van der Waals surface area contributed by atoms with Gasteiger partial charge < -0.3 is 10.2 Å². The van der Waals surface area contributed by atoms with Gasteiger partial charge in [0.05, 0.1) is 5.56 Å². The first-order chi connectivity index (χ1) is 13.3. The van der Waals surface area contributed by atoms with Crippen LogP contribution in [0.1, 0.15) is 47.2 Å². The summed E-state index contributed by atoms with van der Waals surface area (Å²) in [6.45, 7) is 1.12. The van der Waals surface area contributed by atoms with Crippen LogP contribution in [0.25, 0.3) is 0 Å². The fraction of sp³-hybridized carbons (Fsp3) is 0.409. The van der Waals surface area contributed by atoms with Gasteiger partial charge in [-0.3, -0.25) is 4.79 Å². The molecule has 0 aromatic heterocycles. The highest BCUT2D eigenvalue weighted by Crippen LogP contribution is 2.29. The number of rotatable bonds is 5. The summed E-state index contributed by atoms with van der Waals surface area (Å²) in [6, 6.07) is 12.4. The zero-order valence-electron chi connectivity index (χ0n) is 15.9. The molecule has 1 heterocycles. The molecule has 2 aromatic rings. The maximum Gasteiger partial charge on any atom is 0.416 e. The van der Waals surface area contributed by atoms with Crippen LogP contribution in [-0.2, 0) is 12.6 Å². The average molecular weight is 390 g/mol. The van der Waals surface area contributed by atoms with E-state index >= 15 is 0 Å². The molecule has 3 nitrogen and oxygen atoms in total. The Balaban J connectivity index is 1.66. The second kappa shape index (κ2) is 8.78. The molecule has 6 heteroatoms. The number of amides is 1. The number of alkyl halides is 3. The van der Waals surface area contributed by atoms with Gasteiger partial charge in [-0.1, -0.05) is 24.6 Å². The molecule has 150 valence electrons. The normalized spacial score (nSPS) is 18.1. The van der Waals surface area contributed by atoms with Crippen molar-refractivity contribution in [3.63, 3.8) is 0 Å². The van der Waals surface area contributed by atoms with Crippen LogP contribution in [0.15, 0.2) is 48.5 Å². The topological polar surface area (TPSA) is 32.3 Å². The molecule has 0 saturated carbocycles. The number of likely N-dealkylation sites (tertiary alicyclic amines) is 1. The monoisotopic (exact) mass is 390 g/mol. The molecule has 1 aliphatic heterocycles. The predicted octanol–water partition coefficient (Wildman–Crippen LogP) is 5.37. The Bertz CT molecular complexity index is 802. The van der Waals surface area contributed by atoms with Crippen molar-refractivity contribution in [3.8, 4) is 0 Å². The molecule has 0 bridgehead atoms. The Hall–Kier alpha value is -2.34. The summed E-state index contributed by atoms with van der Waals surface area (Å²) in [5, 5.41) is 2.85. The summed E-state index contributed by atoms with van der Waals surface area (Å²) in [7, 11) is 2.15. The van der Waals surface area contributed by atoms with E-state index in [4.69, 9.17) is 0 Å². The molecular weight excluding hydrogens is 365 g/mol. The maximum absolute atomic E-state index is 12.7. The van der Waals surface area contributed by atoms with E-state index in [0.29, 0.717) is 11.7 Å². The van der Waals surface area contributed by atoms with Gasteiger partial charge in [-0.25, -0.2) is 0 Å². The second-order valence-electron chi connectivity index (χ2n) is 7.36. The molecular formula is C22H25F3N2O. The SMILES string of the molecule is CN1CCCCC1CCc1ccccc1NC(=O)c1ccc(C(F)(F)F)cc1. The minimum absolute atomic E-state index is 0.204. The molecule has 1 fully saturated rings. The molecule has 28 heavy (non-hydrogen) atoms. The molecule has 1 amide bonds. The number of halogens is 3. The number of aryl methyl sites for hydroxylation is 1. The van der Waals surface area contributed by atoms with E-state index in [2.05, 4.69) is 17.3 Å². The number of hydrogen-bond donors (Lipinski definition) is 1. The molecule has 0 aliphatic carbocycles. The molecule has 3 rings (SSSR count). The van der Waals surface area contributed by atoms with E-state index in [1.165, 1.54) is 31.4 Å². The van der Waals surface area contributed by atoms with Crippen molar-refractivity contribution in [1.82, 2.24) is 4.90 Å². The lowest BCUT2D eigenvalue weighted by Gasteiger charge is -2.32. The van der Waals surface area contributed by atoms with E-state index in [0.717, 1.165) is 37.1 Å². The Kier molecular flexibility index (Phi) is 6.39. The average Bonchev–Trinajstić information content (AvgIpc) is 2.68. The van der Waals surface area contributed by atoms with Crippen LogP contribution in [0.5, 0.6) is 0 Å². The van der Waals surface area contributed by atoms with Gasteiger partial charge in [0.25, 0.3) is 5.91 Å². The third-order valence-electron chi connectivity index (χ3n) is 5.41. The first-order valence-electron chi connectivity index (χ1n) is 9.61. The number of nitrogens with one attached hydrogen (secondary N) is 1. The van der Waals surface area contributed by atoms with E-state index in [1.54, 1.807) is 0 Å². The van der Waals surface area contributed by atoms with Crippen molar-refractivity contribution in [2.24, 2.45) is 0 Å². The first-order valence-corrected chi connectivity index (χ1v) is 9.61. The van der Waals surface area contributed by atoms with Gasteiger partial charge in [-0.05, 0) is 75.2 Å². The Morgan fingerprint density at radius 2 is 1.82 bits per heavy atom. The fourth-order valence-corrected chi connectivity index (χ4v) is 3.70. The van der Waals surface area contributed by atoms with Crippen LogP contribution in [0.4, 0.5) is 18.9 Å². The lowest BCUT2D eigenvalue weighted by molar-refractivity contribution is -0.137. The molecule has 1 atom stereocenters. The standard InChI is InChI=1S/C22H25F3N2O/c1-27-15-5-4-7-19(27)14-11-16-6-2-3-8-20(16)26-21(28)17-9-12-18(13-10-17)22(23,24)25/h2-3,6,8-10,12-13,19H,4-5,7,11,14-15H2,1H3,(H,26,28). The van der Waals surface area contributed by atoms with Crippen LogP contribution >= 0.6 is 0 Å². The quantitative estimate of drug-likeness (QED) is 0.744. The molecule has 0 spiro atoms. The molecule has 1 saturated heterocycles. The van der Waals surface area contributed by atoms with Crippen LogP contribution < -0.4 is 5.32 Å². The van der Waals surface area contributed by atoms with Crippen molar-refractivity contribution in [2.75, 3.05) is 18.9 Å². The summed E-state index contributed by atoms with van der Waals surface area (Å²) < 4.78 is 38.0. The van der Waals surface area contributed by atoms with Gasteiger partial charge in [0.2, 0.25) is 0 Å². The Morgan fingerprint density at radius 3 is 2.50 bits per heavy atom. The fourth-order valence-electron chi connectivity index (χ4n) is 3.70. The minimum atomic E-state index is -4.41. The third-order valence-corrected chi connectivity index (χ3v) is 5.41. The van der Waals surface area contributed by atoms with E-state index in [1.807, 2.05) is 24.3 Å². The van der Waals surface area contributed by atoms with Gasteiger partial charge in [-0.2, -0.15) is 13.2 Å². The van der Waals surface area contributed by atoms with Crippen LogP contribution in [0.3, 0.4) is 0 Å². The number of nitrogens with zero attached hydrogens (tertiary/aromatic N) is 1. The summed E-state index contributed by atoms with van der Waals surface area (Å²) >= 11 is 0. The van der Waals surface area contributed by atoms with Gasteiger partial charge >= 0.3 is 6.18 Å². The largest absolute Gasteiger partial charge is 0.416 e. The van der Waals surface area contributed by atoms with Crippen molar-refractivity contribution in [1.29, 1.82) is 0 Å². The van der Waals surface area contributed by atoms with E-state index in [-0.39, 0.29) is 5.56 Å². The molecule has 1 unspecified atom stereocenters. The molecule has 1 N–H and O–H groups in total. The maximum atomic E-state index is 12.7. The van der Waals surface area contributed by atoms with Crippen molar-refractivity contribution >= 4 is 11.6 Å². The molecule has 1 aliphatic rings. The highest BCUT2D eigenvalue weighted by Gasteiger charge is 2.30. The summed E-state index contributed by atoms with van der Waals surface area (Å²) in [5.41, 5.74) is 1.20. The first kappa shape index (κ1) is 20.4. The Morgan fingerprint density at radius 1 is 1.11 bits per heavy atom. The lowest BCUT2D eigenvalue weighted by Crippen LogP contribution is -2.36. The van der Waals surface area contributed by atoms with Crippen molar-refractivity contribution in [3.05, 3.63) is 65.2 Å². The third kappa shape index (κ3) is 5.13. The van der Waals surface area contributed by atoms with Crippen LogP contribution in [0.2, 0.25) is 0 Å². The van der Waals surface area contributed by atoms with Gasteiger partial charge in [-0.15, -0.1) is 0 Å². The number of piperidine rings is 1. The number of benzene rings is 2. The zero-order chi connectivity index (χ0) is 20.1. The minimum Gasteiger partial charge on any atom is -0.322 e. The zero-order valence-corrected chi connectivity index (χ0v) is 15.9. The van der Waals surface area contributed by atoms with Gasteiger partial charge in [0, 0.05) is 17.3 Å². The molecule has 0 radical (unpaired) electrons. The van der Waals surface area contributed by atoms with Crippen molar-refractivity contribution in [2.45, 2.75) is 44.3 Å². The molecule has 2 aromatic carbocycles. The summed E-state index contributed by atoms with van der Waals surface area (Å²) in [6.07, 6.45) is 1.14. The van der Waals surface area contributed by atoms with Crippen LogP contribution in [-0.4, -0.2) is 30.4 Å². The summed E-state index contributed by atoms with van der Waals surface area (Å²) in [4.78, 5) is 14.9. The predicted molar refractivity (Wildman–Crippen MR) is 104 cm³/mol. The summed E-state index contributed by atoms with van der Waals surface area (Å²) in [5.74, 6) is -0.407. The van der Waals surface area contributed by atoms with Crippen LogP contribution in [0, 0.1) is 0 Å². The number of carbonyl (C=O) groups excluding carboxylic acids is 1. The van der Waals surface area contributed by atoms with Crippen molar-refractivity contribution < 1.29 is 18.0 Å². The van der Waals surface area contributed by atoms with E-state index in [9.17, 15) is 18.0 Å². The number of carbonyl (C=O) groups is 1. The van der Waals surface area contributed by atoms with Gasteiger partial charge in [0.15, 0.2) is 0 Å². The Labute approximate surface area is 163 Å². The highest BCUT2D eigenvalue weighted by molar-refractivity contribution is 6.04. The number of anilines is 1. The highest BCUT2D eigenvalue weighted by atomic mass is 19.4. The number of para-hydroxylation sites is 1. The lowest BCUT2D eigenvalue weighted by atomic mass is 9.96. The van der Waals surface area contributed by atoms with Gasteiger partial charge in [0.1, 0.15) is 0 Å². The number of hydrogen-bond acceptors (Lipinski definition) is 2.